The van der Waals surface area contributed by atoms with E-state index in [4.69, 9.17) is 0 Å². The van der Waals surface area contributed by atoms with Gasteiger partial charge in [-0.3, -0.25) is 0 Å². The first kappa shape index (κ1) is 9.27. The number of nitrogens with one attached hydrogen (secondary N) is 2. The van der Waals surface area contributed by atoms with Crippen LogP contribution in [0.3, 0.4) is 0 Å². The molecule has 1 aliphatic heterocycles. The maximum absolute atomic E-state index is 9.50. The van der Waals surface area contributed by atoms with Gasteiger partial charge in [0.1, 0.15) is 0 Å². The summed E-state index contributed by atoms with van der Waals surface area (Å²) in [5.41, 5.74) is 0. The van der Waals surface area contributed by atoms with Crippen molar-refractivity contribution >= 4 is 5.82 Å². The van der Waals surface area contributed by atoms with Gasteiger partial charge < -0.3 is 15.7 Å². The quantitative estimate of drug-likeness (QED) is 0.654. The third kappa shape index (κ3) is 2.14. The summed E-state index contributed by atoms with van der Waals surface area (Å²) in [7, 11) is 0. The lowest BCUT2D eigenvalue weighted by atomic mass is 10.1. The van der Waals surface area contributed by atoms with Crippen LogP contribution in [-0.2, 0) is 0 Å². The molecule has 2 heterocycles. The summed E-state index contributed by atoms with van der Waals surface area (Å²) in [5.74, 6) is 0.824. The van der Waals surface area contributed by atoms with Crippen LogP contribution in [0.15, 0.2) is 18.3 Å². The number of pyridine rings is 1. The lowest BCUT2D eigenvalue weighted by Gasteiger charge is -2.24. The minimum atomic E-state index is 0.228. The van der Waals surface area contributed by atoms with Crippen molar-refractivity contribution in [1.29, 1.82) is 0 Å². The molecule has 0 bridgehead atoms. The summed E-state index contributed by atoms with van der Waals surface area (Å²) < 4.78 is 0. The third-order valence-corrected chi connectivity index (χ3v) is 2.47. The summed E-state index contributed by atoms with van der Waals surface area (Å²) in [5, 5.41) is 16.0. The molecule has 4 nitrogen and oxygen atoms in total. The molecule has 0 aliphatic carbocycles. The zero-order valence-electron chi connectivity index (χ0n) is 8.03. The molecular weight excluding hydrogens is 178 g/mol. The van der Waals surface area contributed by atoms with Crippen LogP contribution in [0.2, 0.25) is 0 Å². The first-order valence-corrected chi connectivity index (χ1v) is 4.97. The number of nitrogens with zero attached hydrogens (tertiary/aromatic N) is 1. The molecule has 0 saturated carbocycles. The molecular formula is C10H15N3O. The van der Waals surface area contributed by atoms with Crippen LogP contribution in [0.25, 0.3) is 0 Å². The van der Waals surface area contributed by atoms with Crippen molar-refractivity contribution < 1.29 is 5.11 Å². The Bertz CT molecular complexity index is 297. The van der Waals surface area contributed by atoms with Gasteiger partial charge in [-0.2, -0.15) is 0 Å². The monoisotopic (exact) mass is 193 g/mol. The molecule has 4 heteroatoms. The second-order valence-electron chi connectivity index (χ2n) is 3.54. The van der Waals surface area contributed by atoms with Crippen LogP contribution in [0, 0.1) is 0 Å². The molecule has 1 aliphatic rings. The van der Waals surface area contributed by atoms with Crippen LogP contribution in [0.1, 0.15) is 12.8 Å². The van der Waals surface area contributed by atoms with Gasteiger partial charge >= 0.3 is 0 Å². The predicted molar refractivity (Wildman–Crippen MR) is 55.4 cm³/mol. The van der Waals surface area contributed by atoms with Gasteiger partial charge in [-0.25, -0.2) is 4.98 Å². The van der Waals surface area contributed by atoms with E-state index in [1.54, 1.807) is 18.3 Å². The zero-order valence-corrected chi connectivity index (χ0v) is 8.03. The molecule has 0 amide bonds. The molecule has 1 aromatic rings. The second-order valence-corrected chi connectivity index (χ2v) is 3.54. The number of anilines is 1. The van der Waals surface area contributed by atoms with Gasteiger partial charge in [0.2, 0.25) is 0 Å². The summed E-state index contributed by atoms with van der Waals surface area (Å²) in [6, 6.07) is 3.80. The van der Waals surface area contributed by atoms with Crippen LogP contribution in [0.4, 0.5) is 5.82 Å². The average Bonchev–Trinajstić information content (AvgIpc) is 2.23. The number of hydrogen-bond acceptors (Lipinski definition) is 4. The highest BCUT2D eigenvalue weighted by molar-refractivity contribution is 5.48. The molecule has 1 fully saturated rings. The van der Waals surface area contributed by atoms with Gasteiger partial charge in [0.05, 0.1) is 0 Å². The van der Waals surface area contributed by atoms with E-state index in [-0.39, 0.29) is 5.75 Å². The van der Waals surface area contributed by atoms with Crippen LogP contribution >= 0.6 is 0 Å². The third-order valence-electron chi connectivity index (χ3n) is 2.47. The number of piperidine rings is 1. The van der Waals surface area contributed by atoms with E-state index in [9.17, 15) is 5.11 Å². The molecule has 0 atom stereocenters. The van der Waals surface area contributed by atoms with Gasteiger partial charge in [-0.05, 0) is 38.1 Å². The number of aromatic hydroxyl groups is 1. The van der Waals surface area contributed by atoms with Gasteiger partial charge in [-0.1, -0.05) is 0 Å². The van der Waals surface area contributed by atoms with E-state index in [0.29, 0.717) is 11.9 Å². The van der Waals surface area contributed by atoms with Crippen molar-refractivity contribution in [3.63, 3.8) is 0 Å². The Morgan fingerprint density at radius 1 is 1.43 bits per heavy atom. The van der Waals surface area contributed by atoms with Gasteiger partial charge in [0.25, 0.3) is 0 Å². The molecule has 0 aromatic carbocycles. The van der Waals surface area contributed by atoms with Gasteiger partial charge in [-0.15, -0.1) is 0 Å². The molecule has 14 heavy (non-hydrogen) atoms. The molecule has 1 saturated heterocycles. The largest absolute Gasteiger partial charge is 0.504 e. The van der Waals surface area contributed by atoms with Gasteiger partial charge in [0.15, 0.2) is 11.6 Å². The summed E-state index contributed by atoms with van der Waals surface area (Å²) in [6.45, 7) is 2.07. The fourth-order valence-corrected chi connectivity index (χ4v) is 1.67. The standard InChI is InChI=1S/C10H15N3O/c14-9-2-1-5-12-10(9)13-8-3-6-11-7-4-8/h1-2,5,8,11,14H,3-4,6-7H2,(H,12,13). The minimum absolute atomic E-state index is 0.228. The lowest BCUT2D eigenvalue weighted by molar-refractivity contribution is 0.460. The SMILES string of the molecule is Oc1cccnc1NC1CCNCC1. The normalized spacial score (nSPS) is 18.0. The Balaban J connectivity index is 1.99. The number of hydrogen-bond donors (Lipinski definition) is 3. The average molecular weight is 193 g/mol. The molecule has 0 unspecified atom stereocenters. The summed E-state index contributed by atoms with van der Waals surface area (Å²) >= 11 is 0. The first-order chi connectivity index (χ1) is 6.86. The smallest absolute Gasteiger partial charge is 0.168 e. The minimum Gasteiger partial charge on any atom is -0.504 e. The molecule has 0 radical (unpaired) electrons. The highest BCUT2D eigenvalue weighted by atomic mass is 16.3. The highest BCUT2D eigenvalue weighted by Crippen LogP contribution is 2.20. The second kappa shape index (κ2) is 4.28. The van der Waals surface area contributed by atoms with Crippen molar-refractivity contribution in [2.24, 2.45) is 0 Å². The van der Waals surface area contributed by atoms with Crippen molar-refractivity contribution in [2.45, 2.75) is 18.9 Å². The maximum Gasteiger partial charge on any atom is 0.168 e. The topological polar surface area (TPSA) is 57.2 Å². The lowest BCUT2D eigenvalue weighted by Crippen LogP contribution is -2.35. The van der Waals surface area contributed by atoms with E-state index < -0.39 is 0 Å². The van der Waals surface area contributed by atoms with Crippen molar-refractivity contribution in [1.82, 2.24) is 10.3 Å². The van der Waals surface area contributed by atoms with Crippen LogP contribution in [0.5, 0.6) is 5.75 Å². The van der Waals surface area contributed by atoms with Crippen molar-refractivity contribution in [3.05, 3.63) is 18.3 Å². The van der Waals surface area contributed by atoms with Crippen molar-refractivity contribution in [2.75, 3.05) is 18.4 Å². The highest BCUT2D eigenvalue weighted by Gasteiger charge is 2.14. The first-order valence-electron chi connectivity index (χ1n) is 4.97. The fourth-order valence-electron chi connectivity index (χ4n) is 1.67. The van der Waals surface area contributed by atoms with E-state index in [2.05, 4.69) is 15.6 Å². The molecule has 3 N–H and O–H groups in total. The van der Waals surface area contributed by atoms with E-state index in [1.807, 2.05) is 0 Å². The number of aromatic nitrogens is 1. The molecule has 76 valence electrons. The molecule has 0 spiro atoms. The van der Waals surface area contributed by atoms with E-state index in [1.165, 1.54) is 0 Å². The predicted octanol–water partition coefficient (Wildman–Crippen LogP) is 0.951. The van der Waals surface area contributed by atoms with Crippen LogP contribution in [-0.4, -0.2) is 29.2 Å². The van der Waals surface area contributed by atoms with Crippen molar-refractivity contribution in [3.8, 4) is 5.75 Å². The molecule has 2 rings (SSSR count). The summed E-state index contributed by atoms with van der Waals surface area (Å²) in [6.07, 6.45) is 3.84. The summed E-state index contributed by atoms with van der Waals surface area (Å²) in [4.78, 5) is 4.09. The Kier molecular flexibility index (Phi) is 2.84. The van der Waals surface area contributed by atoms with Gasteiger partial charge in [0, 0.05) is 12.2 Å². The van der Waals surface area contributed by atoms with E-state index >= 15 is 0 Å². The Labute approximate surface area is 83.4 Å². The van der Waals surface area contributed by atoms with Crippen LogP contribution < -0.4 is 10.6 Å². The number of rotatable bonds is 2. The molecule has 1 aromatic heterocycles. The van der Waals surface area contributed by atoms with E-state index in [0.717, 1.165) is 25.9 Å². The Hall–Kier alpha value is -1.29. The Morgan fingerprint density at radius 2 is 2.21 bits per heavy atom. The zero-order chi connectivity index (χ0) is 9.80. The Morgan fingerprint density at radius 3 is 2.93 bits per heavy atom. The fraction of sp³-hybridized carbons (Fsp3) is 0.500. The maximum atomic E-state index is 9.50.